The minimum Gasteiger partial charge on any atom is -0.461 e. The molecule has 0 saturated carbocycles. The van der Waals surface area contributed by atoms with E-state index in [2.05, 4.69) is 4.74 Å². The third-order valence-corrected chi connectivity index (χ3v) is 2.29. The molecule has 0 amide bonds. The van der Waals surface area contributed by atoms with Gasteiger partial charge in [-0.2, -0.15) is 0 Å². The minimum atomic E-state index is -1.19. The fraction of sp³-hybridized carbons (Fsp3) is 0.833. The summed E-state index contributed by atoms with van der Waals surface area (Å²) < 4.78 is 19.5. The first-order valence-corrected chi connectivity index (χ1v) is 6.04. The van der Waals surface area contributed by atoms with Gasteiger partial charge in [0.2, 0.25) is 0 Å². The molecular weight excluding hydrogens is 256 g/mol. The summed E-state index contributed by atoms with van der Waals surface area (Å²) in [7, 11) is 1.21. The lowest BCUT2D eigenvalue weighted by atomic mass is 10.1. The van der Waals surface area contributed by atoms with Gasteiger partial charge in [0.05, 0.1) is 19.8 Å². The minimum absolute atomic E-state index is 0.0140. The average molecular weight is 278 g/mol. The van der Waals surface area contributed by atoms with Crippen LogP contribution in [0.25, 0.3) is 0 Å². The molecule has 0 radical (unpaired) electrons. The Balaban J connectivity index is 4.33. The van der Waals surface area contributed by atoms with E-state index >= 15 is 0 Å². The molecule has 0 aromatic carbocycles. The zero-order valence-electron chi connectivity index (χ0n) is 11.8. The molecule has 7 heteroatoms. The zero-order valence-corrected chi connectivity index (χ0v) is 11.8. The maximum Gasteiger partial charge on any atom is 0.508 e. The molecule has 7 nitrogen and oxygen atoms in total. The monoisotopic (exact) mass is 278 g/mol. The highest BCUT2D eigenvalue weighted by molar-refractivity contribution is 5.78. The maximum absolute atomic E-state index is 11.7. The molecule has 1 unspecified atom stereocenters. The van der Waals surface area contributed by atoms with Crippen molar-refractivity contribution in [1.82, 2.24) is 0 Å². The normalized spacial score (nSPS) is 12.7. The van der Waals surface area contributed by atoms with Gasteiger partial charge in [0.1, 0.15) is 13.2 Å². The molecule has 1 N–H and O–H groups in total. The molecule has 1 atom stereocenters. The molecule has 0 aromatic heterocycles. The van der Waals surface area contributed by atoms with Crippen molar-refractivity contribution in [1.29, 1.82) is 0 Å². The van der Waals surface area contributed by atoms with Crippen LogP contribution in [-0.4, -0.2) is 55.9 Å². The van der Waals surface area contributed by atoms with Crippen LogP contribution in [0.5, 0.6) is 0 Å². The lowest BCUT2D eigenvalue weighted by Crippen LogP contribution is -2.41. The van der Waals surface area contributed by atoms with E-state index in [1.165, 1.54) is 7.11 Å². The molecule has 0 aliphatic heterocycles. The van der Waals surface area contributed by atoms with Crippen LogP contribution in [-0.2, 0) is 23.7 Å². The number of hydrogen-bond acceptors (Lipinski definition) is 7. The van der Waals surface area contributed by atoms with Crippen LogP contribution in [0.4, 0.5) is 4.79 Å². The van der Waals surface area contributed by atoms with Crippen LogP contribution in [0.3, 0.4) is 0 Å². The van der Waals surface area contributed by atoms with Gasteiger partial charge < -0.3 is 24.1 Å². The Hall–Kier alpha value is -1.34. The first kappa shape index (κ1) is 17.7. The smallest absolute Gasteiger partial charge is 0.461 e. The number of carbonyl (C=O) groups excluding carboxylic acids is 2. The van der Waals surface area contributed by atoms with Gasteiger partial charge in [-0.3, -0.25) is 0 Å². The fourth-order valence-electron chi connectivity index (χ4n) is 1.23. The maximum atomic E-state index is 11.7. The summed E-state index contributed by atoms with van der Waals surface area (Å²) in [4.78, 5) is 22.5. The quantitative estimate of drug-likeness (QED) is 0.659. The number of aliphatic hydroxyl groups excluding tert-OH is 1. The summed E-state index contributed by atoms with van der Waals surface area (Å²) in [6.45, 7) is 4.59. The van der Waals surface area contributed by atoms with Gasteiger partial charge in [0, 0.05) is 0 Å². The highest BCUT2D eigenvalue weighted by Gasteiger charge is 2.33. The number of esters is 1. The predicted molar refractivity (Wildman–Crippen MR) is 65.6 cm³/mol. The molecular formula is C12H22O7. The van der Waals surface area contributed by atoms with Gasteiger partial charge >= 0.3 is 12.1 Å². The summed E-state index contributed by atoms with van der Waals surface area (Å²) in [6.07, 6.45) is -0.702. The predicted octanol–water partition coefficient (Wildman–Crippen LogP) is 0.879. The Kier molecular flexibility index (Phi) is 8.09. The summed E-state index contributed by atoms with van der Waals surface area (Å²) in [5.41, 5.74) is -1.19. The first-order valence-electron chi connectivity index (χ1n) is 6.04. The second-order valence-corrected chi connectivity index (χ2v) is 4.28. The standard InChI is InChI=1S/C12H22O7/c1-5-9(8-18-11(15)16-4)19-12(2,3)10(14)17-7-6-13/h9,13H,5-8H2,1-4H3. The number of rotatable bonds is 8. The highest BCUT2D eigenvalue weighted by atomic mass is 16.7. The Morgan fingerprint density at radius 2 is 1.89 bits per heavy atom. The van der Waals surface area contributed by atoms with Gasteiger partial charge in [-0.25, -0.2) is 9.59 Å². The van der Waals surface area contributed by atoms with Crippen LogP contribution in [0, 0.1) is 0 Å². The number of methoxy groups -OCH3 is 1. The number of hydrogen-bond donors (Lipinski definition) is 1. The summed E-state index contributed by atoms with van der Waals surface area (Å²) in [5, 5.41) is 8.59. The third kappa shape index (κ3) is 6.97. The molecule has 0 heterocycles. The van der Waals surface area contributed by atoms with Crippen LogP contribution in [0.2, 0.25) is 0 Å². The highest BCUT2D eigenvalue weighted by Crippen LogP contribution is 2.16. The Morgan fingerprint density at radius 3 is 2.37 bits per heavy atom. The molecule has 0 bridgehead atoms. The van der Waals surface area contributed by atoms with Gasteiger partial charge in [0.15, 0.2) is 5.60 Å². The van der Waals surface area contributed by atoms with E-state index in [0.717, 1.165) is 0 Å². The lowest BCUT2D eigenvalue weighted by molar-refractivity contribution is -0.178. The van der Waals surface area contributed by atoms with Crippen LogP contribution in [0.1, 0.15) is 27.2 Å². The second kappa shape index (κ2) is 8.71. The van der Waals surface area contributed by atoms with Gasteiger partial charge in [-0.1, -0.05) is 6.92 Å². The Bertz CT molecular complexity index is 288. The SMILES string of the molecule is CCC(COC(=O)OC)OC(C)(C)C(=O)OCCO. The molecule has 0 spiro atoms. The van der Waals surface area contributed by atoms with Crippen molar-refractivity contribution in [2.75, 3.05) is 26.9 Å². The fourth-order valence-corrected chi connectivity index (χ4v) is 1.23. The van der Waals surface area contributed by atoms with Crippen molar-refractivity contribution in [3.8, 4) is 0 Å². The summed E-state index contributed by atoms with van der Waals surface area (Å²) in [6, 6.07) is 0. The Labute approximate surface area is 112 Å². The van der Waals surface area contributed by atoms with Crippen LogP contribution in [0.15, 0.2) is 0 Å². The van der Waals surface area contributed by atoms with Crippen LogP contribution < -0.4 is 0 Å². The molecule has 19 heavy (non-hydrogen) atoms. The van der Waals surface area contributed by atoms with E-state index < -0.39 is 23.8 Å². The van der Waals surface area contributed by atoms with E-state index in [1.807, 2.05) is 6.92 Å². The van der Waals surface area contributed by atoms with Crippen molar-refractivity contribution in [2.24, 2.45) is 0 Å². The Morgan fingerprint density at radius 1 is 1.26 bits per heavy atom. The lowest BCUT2D eigenvalue weighted by Gasteiger charge is -2.28. The molecule has 0 saturated heterocycles. The zero-order chi connectivity index (χ0) is 14.9. The molecule has 0 aliphatic rings. The number of carbonyl (C=O) groups is 2. The van der Waals surface area contributed by atoms with E-state index in [-0.39, 0.29) is 19.8 Å². The molecule has 0 aromatic rings. The van der Waals surface area contributed by atoms with Crippen molar-refractivity contribution in [3.63, 3.8) is 0 Å². The van der Waals surface area contributed by atoms with E-state index in [9.17, 15) is 9.59 Å². The van der Waals surface area contributed by atoms with Crippen molar-refractivity contribution < 1.29 is 33.6 Å². The second-order valence-electron chi connectivity index (χ2n) is 4.28. The average Bonchev–Trinajstić information content (AvgIpc) is 2.39. The molecule has 0 aliphatic carbocycles. The largest absolute Gasteiger partial charge is 0.508 e. The van der Waals surface area contributed by atoms with Gasteiger partial charge in [0.25, 0.3) is 0 Å². The first-order chi connectivity index (χ1) is 8.87. The molecule has 0 rings (SSSR count). The van der Waals surface area contributed by atoms with Crippen molar-refractivity contribution in [3.05, 3.63) is 0 Å². The van der Waals surface area contributed by atoms with Gasteiger partial charge in [-0.05, 0) is 20.3 Å². The summed E-state index contributed by atoms with van der Waals surface area (Å²) in [5.74, 6) is -0.585. The van der Waals surface area contributed by atoms with Crippen molar-refractivity contribution in [2.45, 2.75) is 38.9 Å². The molecule has 112 valence electrons. The third-order valence-electron chi connectivity index (χ3n) is 2.29. The summed E-state index contributed by atoms with van der Waals surface area (Å²) >= 11 is 0. The molecule has 0 fully saturated rings. The van der Waals surface area contributed by atoms with E-state index in [0.29, 0.717) is 6.42 Å². The van der Waals surface area contributed by atoms with E-state index in [1.54, 1.807) is 13.8 Å². The van der Waals surface area contributed by atoms with Crippen molar-refractivity contribution >= 4 is 12.1 Å². The van der Waals surface area contributed by atoms with Gasteiger partial charge in [-0.15, -0.1) is 0 Å². The number of aliphatic hydroxyl groups is 1. The number of ether oxygens (including phenoxy) is 4. The topological polar surface area (TPSA) is 91.3 Å². The van der Waals surface area contributed by atoms with Crippen LogP contribution >= 0.6 is 0 Å². The van der Waals surface area contributed by atoms with E-state index in [4.69, 9.17) is 19.3 Å².